The van der Waals surface area contributed by atoms with Crippen LogP contribution in [0.25, 0.3) is 33.0 Å². The lowest BCUT2D eigenvalue weighted by molar-refractivity contribution is 0.472. The SMILES string of the molecule is Oc1ccc2c(c1)-c1ccc(O)c3cc(O)cc-2c13. The largest absolute Gasteiger partial charge is 0.508 e. The van der Waals surface area contributed by atoms with Crippen LogP contribution in [0, 0.1) is 0 Å². The first-order chi connectivity index (χ1) is 9.15. The molecule has 0 unspecified atom stereocenters. The molecule has 0 bridgehead atoms. The van der Waals surface area contributed by atoms with E-state index in [4.69, 9.17) is 0 Å². The summed E-state index contributed by atoms with van der Waals surface area (Å²) in [6.45, 7) is 0. The first-order valence-electron chi connectivity index (χ1n) is 5.97. The highest BCUT2D eigenvalue weighted by Crippen LogP contribution is 2.51. The molecule has 3 N–H and O–H groups in total. The second-order valence-electron chi connectivity index (χ2n) is 4.78. The van der Waals surface area contributed by atoms with Crippen LogP contribution in [0.5, 0.6) is 17.2 Å². The van der Waals surface area contributed by atoms with E-state index in [2.05, 4.69) is 0 Å². The highest BCUT2D eigenvalue weighted by molar-refractivity contribution is 6.17. The molecule has 3 aromatic carbocycles. The van der Waals surface area contributed by atoms with E-state index in [1.807, 2.05) is 12.1 Å². The molecule has 4 rings (SSSR count). The Kier molecular flexibility index (Phi) is 1.73. The monoisotopic (exact) mass is 250 g/mol. The second kappa shape index (κ2) is 3.20. The van der Waals surface area contributed by atoms with Crippen molar-refractivity contribution < 1.29 is 15.3 Å². The van der Waals surface area contributed by atoms with Crippen LogP contribution in [0.15, 0.2) is 42.5 Å². The van der Waals surface area contributed by atoms with Crippen LogP contribution >= 0.6 is 0 Å². The first-order valence-corrected chi connectivity index (χ1v) is 5.97. The standard InChI is InChI=1S/C16H10O3/c17-8-1-2-10-12(5-8)11-3-4-15(19)14-7-9(18)6-13(10)16(11)14/h1-7,17-19H. The van der Waals surface area contributed by atoms with Gasteiger partial charge in [0.2, 0.25) is 0 Å². The number of hydrogen-bond acceptors (Lipinski definition) is 3. The maximum atomic E-state index is 9.95. The van der Waals surface area contributed by atoms with E-state index < -0.39 is 0 Å². The number of aromatic hydroxyl groups is 3. The Morgan fingerprint density at radius 2 is 1.32 bits per heavy atom. The average molecular weight is 250 g/mol. The molecule has 0 heterocycles. The summed E-state index contributed by atoms with van der Waals surface area (Å²) < 4.78 is 0. The minimum absolute atomic E-state index is 0.121. The highest BCUT2D eigenvalue weighted by Gasteiger charge is 2.23. The molecular formula is C16H10O3. The predicted octanol–water partition coefficient (Wildman–Crippen LogP) is 3.60. The van der Waals surface area contributed by atoms with Gasteiger partial charge in [-0.2, -0.15) is 0 Å². The van der Waals surface area contributed by atoms with Crippen molar-refractivity contribution in [3.05, 3.63) is 42.5 Å². The topological polar surface area (TPSA) is 60.7 Å². The highest BCUT2D eigenvalue weighted by atomic mass is 16.3. The van der Waals surface area contributed by atoms with Gasteiger partial charge >= 0.3 is 0 Å². The molecule has 19 heavy (non-hydrogen) atoms. The summed E-state index contributed by atoms with van der Waals surface area (Å²) in [4.78, 5) is 0. The van der Waals surface area contributed by atoms with Crippen LogP contribution in [0.2, 0.25) is 0 Å². The van der Waals surface area contributed by atoms with Gasteiger partial charge in [0.1, 0.15) is 17.2 Å². The Bertz CT molecular complexity index is 850. The van der Waals surface area contributed by atoms with Gasteiger partial charge in [0.15, 0.2) is 0 Å². The Hall–Kier alpha value is -2.68. The van der Waals surface area contributed by atoms with Gasteiger partial charge in [0.05, 0.1) is 0 Å². The molecule has 0 aliphatic heterocycles. The van der Waals surface area contributed by atoms with Crippen molar-refractivity contribution >= 4 is 10.8 Å². The zero-order valence-corrected chi connectivity index (χ0v) is 9.88. The number of benzene rings is 3. The Morgan fingerprint density at radius 3 is 2.16 bits per heavy atom. The van der Waals surface area contributed by atoms with E-state index >= 15 is 0 Å². The molecule has 1 aliphatic carbocycles. The second-order valence-corrected chi connectivity index (χ2v) is 4.78. The normalized spacial score (nSPS) is 11.8. The van der Waals surface area contributed by atoms with E-state index in [-0.39, 0.29) is 17.2 Å². The van der Waals surface area contributed by atoms with Crippen LogP contribution in [-0.4, -0.2) is 15.3 Å². The molecule has 3 heteroatoms. The Labute approximate surface area is 109 Å². The summed E-state index contributed by atoms with van der Waals surface area (Å²) in [6.07, 6.45) is 0. The summed E-state index contributed by atoms with van der Waals surface area (Å²) in [5.74, 6) is 0.473. The number of phenolic OH excluding ortho intramolecular Hbond substituents is 3. The molecule has 0 amide bonds. The fourth-order valence-corrected chi connectivity index (χ4v) is 2.88. The van der Waals surface area contributed by atoms with Crippen molar-refractivity contribution in [2.75, 3.05) is 0 Å². The van der Waals surface area contributed by atoms with Crippen molar-refractivity contribution in [3.8, 4) is 39.5 Å². The molecule has 0 saturated carbocycles. The molecule has 1 aliphatic rings. The van der Waals surface area contributed by atoms with Crippen LogP contribution in [0.3, 0.4) is 0 Å². The zero-order valence-electron chi connectivity index (χ0n) is 9.88. The number of fused-ring (bicyclic) bond motifs is 3. The summed E-state index contributed by atoms with van der Waals surface area (Å²) in [5.41, 5.74) is 3.73. The molecule has 0 fully saturated rings. The minimum Gasteiger partial charge on any atom is -0.508 e. The minimum atomic E-state index is 0.121. The van der Waals surface area contributed by atoms with Gasteiger partial charge in [-0.1, -0.05) is 12.1 Å². The lowest BCUT2D eigenvalue weighted by Crippen LogP contribution is -1.77. The summed E-state index contributed by atoms with van der Waals surface area (Å²) in [5, 5.41) is 30.9. The van der Waals surface area contributed by atoms with Gasteiger partial charge in [-0.3, -0.25) is 0 Å². The van der Waals surface area contributed by atoms with E-state index in [1.54, 1.807) is 30.3 Å². The van der Waals surface area contributed by atoms with Crippen molar-refractivity contribution in [1.82, 2.24) is 0 Å². The third-order valence-corrected chi connectivity index (χ3v) is 3.66. The number of rotatable bonds is 0. The van der Waals surface area contributed by atoms with Gasteiger partial charge in [-0.25, -0.2) is 0 Å². The zero-order chi connectivity index (χ0) is 13.1. The quantitative estimate of drug-likeness (QED) is 0.447. The van der Waals surface area contributed by atoms with E-state index in [1.165, 1.54) is 0 Å². The van der Waals surface area contributed by atoms with Gasteiger partial charge < -0.3 is 15.3 Å². The number of hydrogen-bond donors (Lipinski definition) is 3. The fraction of sp³-hybridized carbons (Fsp3) is 0. The lowest BCUT2D eigenvalue weighted by atomic mass is 10.0. The molecule has 0 spiro atoms. The smallest absolute Gasteiger partial charge is 0.123 e. The van der Waals surface area contributed by atoms with Crippen molar-refractivity contribution in [2.24, 2.45) is 0 Å². The maximum Gasteiger partial charge on any atom is 0.123 e. The van der Waals surface area contributed by atoms with Crippen LogP contribution in [0.4, 0.5) is 0 Å². The lowest BCUT2D eigenvalue weighted by Gasteiger charge is -2.05. The molecule has 0 atom stereocenters. The van der Waals surface area contributed by atoms with Gasteiger partial charge in [0.25, 0.3) is 0 Å². The van der Waals surface area contributed by atoms with Crippen molar-refractivity contribution in [3.63, 3.8) is 0 Å². The van der Waals surface area contributed by atoms with E-state index in [0.717, 1.165) is 27.6 Å². The fourth-order valence-electron chi connectivity index (χ4n) is 2.88. The maximum absolute atomic E-state index is 9.95. The third kappa shape index (κ3) is 1.21. The molecular weight excluding hydrogens is 240 g/mol. The summed E-state index contributed by atoms with van der Waals surface area (Å²) in [6, 6.07) is 11.9. The molecule has 3 aromatic rings. The Morgan fingerprint density at radius 1 is 0.579 bits per heavy atom. The third-order valence-electron chi connectivity index (χ3n) is 3.66. The van der Waals surface area contributed by atoms with Crippen molar-refractivity contribution in [1.29, 1.82) is 0 Å². The van der Waals surface area contributed by atoms with Gasteiger partial charge in [0, 0.05) is 10.8 Å². The van der Waals surface area contributed by atoms with Crippen LogP contribution in [-0.2, 0) is 0 Å². The van der Waals surface area contributed by atoms with Gasteiger partial charge in [-0.05, 0) is 52.6 Å². The van der Waals surface area contributed by atoms with Crippen LogP contribution in [0.1, 0.15) is 0 Å². The van der Waals surface area contributed by atoms with E-state index in [0.29, 0.717) is 5.39 Å². The summed E-state index contributed by atoms with van der Waals surface area (Å²) >= 11 is 0. The predicted molar refractivity (Wildman–Crippen MR) is 73.4 cm³/mol. The van der Waals surface area contributed by atoms with Gasteiger partial charge in [-0.15, -0.1) is 0 Å². The molecule has 0 radical (unpaired) electrons. The molecule has 0 saturated heterocycles. The molecule has 0 aromatic heterocycles. The summed E-state index contributed by atoms with van der Waals surface area (Å²) in [7, 11) is 0. The first kappa shape index (κ1) is 10.3. The molecule has 92 valence electrons. The average Bonchev–Trinajstić information content (AvgIpc) is 2.68. The Balaban J connectivity index is 2.26. The van der Waals surface area contributed by atoms with E-state index in [9.17, 15) is 15.3 Å². The molecule has 3 nitrogen and oxygen atoms in total. The van der Waals surface area contributed by atoms with Crippen molar-refractivity contribution in [2.45, 2.75) is 0 Å². The van der Waals surface area contributed by atoms with Crippen LogP contribution < -0.4 is 0 Å². The number of phenols is 3.